The first-order chi connectivity index (χ1) is 11.9. The van der Waals surface area contributed by atoms with Crippen LogP contribution in [0, 0.1) is 0 Å². The Morgan fingerprint density at radius 3 is 2.60 bits per heavy atom. The minimum absolute atomic E-state index is 0.00961. The van der Waals surface area contributed by atoms with Gasteiger partial charge in [0.2, 0.25) is 5.91 Å². The molecule has 0 saturated carbocycles. The molecule has 0 radical (unpaired) electrons. The van der Waals surface area contributed by atoms with E-state index >= 15 is 0 Å². The van der Waals surface area contributed by atoms with Gasteiger partial charge < -0.3 is 20.4 Å². The second-order valence-electron chi connectivity index (χ2n) is 5.63. The molecule has 2 amide bonds. The van der Waals surface area contributed by atoms with Gasteiger partial charge >= 0.3 is 6.18 Å². The van der Waals surface area contributed by atoms with Crippen molar-refractivity contribution in [2.75, 3.05) is 39.3 Å². The maximum atomic E-state index is 13.2. The molecule has 10 heteroatoms. The third-order valence-corrected chi connectivity index (χ3v) is 3.85. The fraction of sp³-hybridized carbons (Fsp3) is 0.600. The van der Waals surface area contributed by atoms with Crippen LogP contribution in [0.5, 0.6) is 0 Å². The van der Waals surface area contributed by atoms with Crippen molar-refractivity contribution in [3.05, 3.63) is 24.2 Å². The van der Waals surface area contributed by atoms with Gasteiger partial charge in [-0.1, -0.05) is 0 Å². The van der Waals surface area contributed by atoms with Gasteiger partial charge in [0.15, 0.2) is 5.76 Å². The fourth-order valence-electron chi connectivity index (χ4n) is 2.53. The monoisotopic (exact) mass is 362 g/mol. The SMILES string of the molecule is O=C(CCNC(=O)c1ccco1)NCC(N1CCNCC1)C(F)(F)F. The molecule has 140 valence electrons. The summed E-state index contributed by atoms with van der Waals surface area (Å²) in [5.41, 5.74) is 0. The second-order valence-corrected chi connectivity index (χ2v) is 5.63. The van der Waals surface area contributed by atoms with Crippen LogP contribution in [0.3, 0.4) is 0 Å². The number of carbonyl (C=O) groups excluding carboxylic acids is 2. The van der Waals surface area contributed by atoms with E-state index in [1.54, 1.807) is 6.07 Å². The fourth-order valence-corrected chi connectivity index (χ4v) is 2.53. The van der Waals surface area contributed by atoms with Crippen LogP contribution >= 0.6 is 0 Å². The highest BCUT2D eigenvalue weighted by atomic mass is 19.4. The summed E-state index contributed by atoms with van der Waals surface area (Å²) in [6.45, 7) is 1.03. The van der Waals surface area contributed by atoms with E-state index < -0.39 is 30.6 Å². The van der Waals surface area contributed by atoms with Gasteiger partial charge in [0.05, 0.1) is 6.26 Å². The second kappa shape index (κ2) is 8.86. The van der Waals surface area contributed by atoms with Gasteiger partial charge in [0.25, 0.3) is 5.91 Å². The lowest BCUT2D eigenvalue weighted by Crippen LogP contribution is -2.57. The summed E-state index contributed by atoms with van der Waals surface area (Å²) >= 11 is 0. The number of carbonyl (C=O) groups is 2. The maximum Gasteiger partial charge on any atom is 0.405 e. The average molecular weight is 362 g/mol. The lowest BCUT2D eigenvalue weighted by atomic mass is 10.2. The Morgan fingerprint density at radius 1 is 1.28 bits per heavy atom. The number of amides is 2. The zero-order chi connectivity index (χ0) is 18.3. The molecule has 3 N–H and O–H groups in total. The standard InChI is InChI=1S/C15H21F3N4O3/c16-15(17,18)12(22-7-5-19-6-8-22)10-21-13(23)3-4-20-14(24)11-2-1-9-25-11/h1-2,9,12,19H,3-8,10H2,(H,20,24)(H,21,23). The summed E-state index contributed by atoms with van der Waals surface area (Å²) in [7, 11) is 0. The van der Waals surface area contributed by atoms with E-state index in [1.165, 1.54) is 17.2 Å². The first-order valence-electron chi connectivity index (χ1n) is 7.98. The zero-order valence-corrected chi connectivity index (χ0v) is 13.6. The van der Waals surface area contributed by atoms with E-state index in [2.05, 4.69) is 16.0 Å². The van der Waals surface area contributed by atoms with Crippen molar-refractivity contribution in [3.8, 4) is 0 Å². The summed E-state index contributed by atoms with van der Waals surface area (Å²) in [5, 5.41) is 7.75. The Hall–Kier alpha value is -2.07. The van der Waals surface area contributed by atoms with Gasteiger partial charge in [-0.3, -0.25) is 14.5 Å². The number of nitrogens with one attached hydrogen (secondary N) is 3. The van der Waals surface area contributed by atoms with Crippen LogP contribution < -0.4 is 16.0 Å². The van der Waals surface area contributed by atoms with Gasteiger partial charge in [0.1, 0.15) is 6.04 Å². The molecule has 7 nitrogen and oxygen atoms in total. The van der Waals surface area contributed by atoms with E-state index in [4.69, 9.17) is 4.42 Å². The Balaban J connectivity index is 1.73. The van der Waals surface area contributed by atoms with Crippen molar-refractivity contribution < 1.29 is 27.2 Å². The van der Waals surface area contributed by atoms with Crippen LogP contribution in [0.4, 0.5) is 13.2 Å². The van der Waals surface area contributed by atoms with Crippen molar-refractivity contribution in [1.82, 2.24) is 20.9 Å². The minimum Gasteiger partial charge on any atom is -0.459 e. The molecule has 1 aromatic rings. The third kappa shape index (κ3) is 6.05. The number of piperazine rings is 1. The van der Waals surface area contributed by atoms with Crippen LogP contribution in [-0.2, 0) is 4.79 Å². The number of rotatable bonds is 7. The number of hydrogen-bond donors (Lipinski definition) is 3. The summed E-state index contributed by atoms with van der Waals surface area (Å²) in [6, 6.07) is 1.31. The topological polar surface area (TPSA) is 86.6 Å². The number of halogens is 3. The van der Waals surface area contributed by atoms with E-state index in [9.17, 15) is 22.8 Å². The highest BCUT2D eigenvalue weighted by Crippen LogP contribution is 2.24. The van der Waals surface area contributed by atoms with Crippen molar-refractivity contribution >= 4 is 11.8 Å². The molecule has 1 aliphatic heterocycles. The molecule has 1 aromatic heterocycles. The predicted octanol–water partition coefficient (Wildman–Crippen LogP) is 0.352. The first kappa shape index (κ1) is 19.3. The van der Waals surface area contributed by atoms with Crippen LogP contribution in [-0.4, -0.2) is 68.2 Å². The van der Waals surface area contributed by atoms with Gasteiger partial charge in [-0.25, -0.2) is 0 Å². The predicted molar refractivity (Wildman–Crippen MR) is 83.0 cm³/mol. The third-order valence-electron chi connectivity index (χ3n) is 3.85. The van der Waals surface area contributed by atoms with Crippen molar-refractivity contribution in [1.29, 1.82) is 0 Å². The van der Waals surface area contributed by atoms with Gasteiger partial charge in [-0.05, 0) is 12.1 Å². The Morgan fingerprint density at radius 2 is 2.00 bits per heavy atom. The lowest BCUT2D eigenvalue weighted by Gasteiger charge is -2.35. The molecule has 2 heterocycles. The Labute approximate surface area is 142 Å². The minimum atomic E-state index is -4.42. The zero-order valence-electron chi connectivity index (χ0n) is 13.6. The van der Waals surface area contributed by atoms with Crippen molar-refractivity contribution in [3.63, 3.8) is 0 Å². The molecule has 1 saturated heterocycles. The molecular weight excluding hydrogens is 341 g/mol. The highest BCUT2D eigenvalue weighted by molar-refractivity contribution is 5.91. The lowest BCUT2D eigenvalue weighted by molar-refractivity contribution is -0.184. The molecule has 1 fully saturated rings. The van der Waals surface area contributed by atoms with E-state index in [0.717, 1.165) is 0 Å². The summed E-state index contributed by atoms with van der Waals surface area (Å²) in [5.74, 6) is -0.924. The van der Waals surface area contributed by atoms with Crippen LogP contribution in [0.2, 0.25) is 0 Å². The van der Waals surface area contributed by atoms with E-state index in [0.29, 0.717) is 13.1 Å². The first-order valence-corrected chi connectivity index (χ1v) is 7.98. The van der Waals surface area contributed by atoms with Gasteiger partial charge in [-0.2, -0.15) is 13.2 Å². The van der Waals surface area contributed by atoms with Crippen LogP contribution in [0.1, 0.15) is 17.0 Å². The average Bonchev–Trinajstić information content (AvgIpc) is 3.09. The number of hydrogen-bond acceptors (Lipinski definition) is 5. The molecular formula is C15H21F3N4O3. The van der Waals surface area contributed by atoms with Gasteiger partial charge in [-0.15, -0.1) is 0 Å². The van der Waals surface area contributed by atoms with Crippen LogP contribution in [0.25, 0.3) is 0 Å². The largest absolute Gasteiger partial charge is 0.459 e. The van der Waals surface area contributed by atoms with Crippen molar-refractivity contribution in [2.24, 2.45) is 0 Å². The molecule has 1 unspecified atom stereocenters. The van der Waals surface area contributed by atoms with Crippen molar-refractivity contribution in [2.45, 2.75) is 18.6 Å². The molecule has 0 aromatic carbocycles. The summed E-state index contributed by atoms with van der Waals surface area (Å²) < 4.78 is 44.5. The normalized spacial score (nSPS) is 17.1. The molecule has 1 atom stereocenters. The molecule has 2 rings (SSSR count). The Bertz CT molecular complexity index is 557. The number of nitrogens with zero attached hydrogens (tertiary/aromatic N) is 1. The molecule has 0 spiro atoms. The van der Waals surface area contributed by atoms with Crippen LogP contribution in [0.15, 0.2) is 22.8 Å². The maximum absolute atomic E-state index is 13.2. The molecule has 0 aliphatic carbocycles. The quantitative estimate of drug-likeness (QED) is 0.652. The van der Waals surface area contributed by atoms with E-state index in [1.807, 2.05) is 0 Å². The van der Waals surface area contributed by atoms with Gasteiger partial charge in [0, 0.05) is 45.7 Å². The molecule has 25 heavy (non-hydrogen) atoms. The molecule has 1 aliphatic rings. The number of furan rings is 1. The van der Waals surface area contributed by atoms with E-state index in [-0.39, 0.29) is 31.8 Å². The Kier molecular flexibility index (Phi) is 6.82. The summed E-state index contributed by atoms with van der Waals surface area (Å²) in [6.07, 6.45) is -3.19. The highest BCUT2D eigenvalue weighted by Gasteiger charge is 2.43. The molecule has 0 bridgehead atoms. The summed E-state index contributed by atoms with van der Waals surface area (Å²) in [4.78, 5) is 24.6. The smallest absolute Gasteiger partial charge is 0.405 e. The number of alkyl halides is 3.